The molecule has 14 heavy (non-hydrogen) atoms. The van der Waals surface area contributed by atoms with Gasteiger partial charge in [0.2, 0.25) is 0 Å². The fourth-order valence-electron chi connectivity index (χ4n) is 2.24. The van der Waals surface area contributed by atoms with Crippen molar-refractivity contribution in [3.63, 3.8) is 0 Å². The lowest BCUT2D eigenvalue weighted by Crippen LogP contribution is -2.29. The standard InChI is InChI=1S/C12H23NO/c1-3-8-13(9-10-14)12-7-5-4-6-11(12)2/h14H,3-10H2,1-2H3. The zero-order valence-electron chi connectivity index (χ0n) is 9.55. The van der Waals surface area contributed by atoms with Gasteiger partial charge >= 0.3 is 0 Å². The van der Waals surface area contributed by atoms with Crippen LogP contribution in [0, 0.1) is 0 Å². The van der Waals surface area contributed by atoms with Gasteiger partial charge in [-0.1, -0.05) is 12.5 Å². The molecule has 1 aliphatic carbocycles. The van der Waals surface area contributed by atoms with E-state index >= 15 is 0 Å². The lowest BCUT2D eigenvalue weighted by atomic mass is 9.96. The monoisotopic (exact) mass is 197 g/mol. The van der Waals surface area contributed by atoms with E-state index in [0.29, 0.717) is 0 Å². The van der Waals surface area contributed by atoms with Gasteiger partial charge in [0.15, 0.2) is 0 Å². The topological polar surface area (TPSA) is 23.5 Å². The van der Waals surface area contributed by atoms with Crippen LogP contribution in [-0.2, 0) is 0 Å². The third-order valence-electron chi connectivity index (χ3n) is 2.95. The van der Waals surface area contributed by atoms with Gasteiger partial charge in [-0.15, -0.1) is 0 Å². The molecule has 0 bridgehead atoms. The Morgan fingerprint density at radius 1 is 1.21 bits per heavy atom. The molecule has 0 fully saturated rings. The van der Waals surface area contributed by atoms with Crippen molar-refractivity contribution in [2.24, 2.45) is 0 Å². The molecule has 0 aromatic carbocycles. The number of hydrogen-bond acceptors (Lipinski definition) is 2. The number of allylic oxidation sites excluding steroid dienone is 2. The molecule has 0 radical (unpaired) electrons. The molecule has 0 unspecified atom stereocenters. The molecule has 0 heterocycles. The zero-order valence-corrected chi connectivity index (χ0v) is 9.55. The highest BCUT2D eigenvalue weighted by atomic mass is 16.3. The Hall–Kier alpha value is -0.500. The molecule has 0 spiro atoms. The van der Waals surface area contributed by atoms with Gasteiger partial charge in [-0.2, -0.15) is 0 Å². The van der Waals surface area contributed by atoms with Gasteiger partial charge in [-0.05, 0) is 39.0 Å². The van der Waals surface area contributed by atoms with Crippen LogP contribution in [0.15, 0.2) is 11.3 Å². The Morgan fingerprint density at radius 3 is 2.50 bits per heavy atom. The lowest BCUT2D eigenvalue weighted by molar-refractivity contribution is 0.218. The van der Waals surface area contributed by atoms with Crippen LogP contribution in [0.1, 0.15) is 46.0 Å². The third-order valence-corrected chi connectivity index (χ3v) is 2.95. The van der Waals surface area contributed by atoms with Crippen LogP contribution in [0.25, 0.3) is 0 Å². The lowest BCUT2D eigenvalue weighted by Gasteiger charge is -2.31. The normalized spacial score (nSPS) is 17.4. The first-order valence-electron chi connectivity index (χ1n) is 5.84. The minimum atomic E-state index is 0.275. The van der Waals surface area contributed by atoms with Crippen LogP contribution in [0.4, 0.5) is 0 Å². The molecule has 0 aliphatic heterocycles. The number of aliphatic hydroxyl groups is 1. The summed E-state index contributed by atoms with van der Waals surface area (Å²) in [5.74, 6) is 0. The maximum absolute atomic E-state index is 9.02. The summed E-state index contributed by atoms with van der Waals surface area (Å²) >= 11 is 0. The van der Waals surface area contributed by atoms with Gasteiger partial charge < -0.3 is 10.0 Å². The van der Waals surface area contributed by atoms with E-state index in [1.54, 1.807) is 0 Å². The van der Waals surface area contributed by atoms with Crippen LogP contribution in [0.5, 0.6) is 0 Å². The van der Waals surface area contributed by atoms with Crippen molar-refractivity contribution in [1.82, 2.24) is 4.90 Å². The molecule has 1 aliphatic rings. The van der Waals surface area contributed by atoms with Gasteiger partial charge in [0.05, 0.1) is 6.61 Å². The van der Waals surface area contributed by atoms with E-state index in [1.165, 1.54) is 37.0 Å². The summed E-state index contributed by atoms with van der Waals surface area (Å²) in [4.78, 5) is 2.37. The number of hydrogen-bond donors (Lipinski definition) is 1. The van der Waals surface area contributed by atoms with Gasteiger partial charge in [0.25, 0.3) is 0 Å². The van der Waals surface area contributed by atoms with E-state index in [9.17, 15) is 0 Å². The maximum atomic E-state index is 9.02. The van der Waals surface area contributed by atoms with Crippen LogP contribution >= 0.6 is 0 Å². The van der Waals surface area contributed by atoms with E-state index < -0.39 is 0 Å². The highest BCUT2D eigenvalue weighted by Crippen LogP contribution is 2.26. The molecule has 82 valence electrons. The maximum Gasteiger partial charge on any atom is 0.0606 e. The quantitative estimate of drug-likeness (QED) is 0.732. The average Bonchev–Trinajstić information content (AvgIpc) is 2.18. The summed E-state index contributed by atoms with van der Waals surface area (Å²) in [6.07, 6.45) is 6.29. The second kappa shape index (κ2) is 6.07. The van der Waals surface area contributed by atoms with Gasteiger partial charge in [-0.25, -0.2) is 0 Å². The fourth-order valence-corrected chi connectivity index (χ4v) is 2.24. The van der Waals surface area contributed by atoms with Crippen molar-refractivity contribution in [1.29, 1.82) is 0 Å². The van der Waals surface area contributed by atoms with Crippen LogP contribution in [-0.4, -0.2) is 29.7 Å². The first-order chi connectivity index (χ1) is 6.79. The van der Waals surface area contributed by atoms with Gasteiger partial charge in [0, 0.05) is 18.8 Å². The largest absolute Gasteiger partial charge is 0.395 e. The predicted molar refractivity (Wildman–Crippen MR) is 60.1 cm³/mol. The van der Waals surface area contributed by atoms with Crippen molar-refractivity contribution < 1.29 is 5.11 Å². The second-order valence-electron chi connectivity index (χ2n) is 4.14. The van der Waals surface area contributed by atoms with Crippen molar-refractivity contribution in [3.05, 3.63) is 11.3 Å². The molecule has 0 saturated heterocycles. The highest BCUT2D eigenvalue weighted by molar-refractivity contribution is 5.14. The molecular weight excluding hydrogens is 174 g/mol. The molecule has 1 N–H and O–H groups in total. The Balaban J connectivity index is 2.64. The highest BCUT2D eigenvalue weighted by Gasteiger charge is 2.14. The first-order valence-corrected chi connectivity index (χ1v) is 5.84. The van der Waals surface area contributed by atoms with Crippen molar-refractivity contribution in [2.75, 3.05) is 19.7 Å². The van der Waals surface area contributed by atoms with E-state index in [4.69, 9.17) is 5.11 Å². The molecular formula is C12H23NO. The average molecular weight is 197 g/mol. The minimum absolute atomic E-state index is 0.275. The first kappa shape index (κ1) is 11.6. The van der Waals surface area contributed by atoms with Crippen LogP contribution < -0.4 is 0 Å². The van der Waals surface area contributed by atoms with E-state index in [-0.39, 0.29) is 6.61 Å². The number of rotatable bonds is 5. The molecule has 2 heteroatoms. The predicted octanol–water partition coefficient (Wildman–Crippen LogP) is 2.54. The molecule has 0 amide bonds. The van der Waals surface area contributed by atoms with E-state index in [2.05, 4.69) is 18.7 Å². The molecule has 2 nitrogen and oxygen atoms in total. The minimum Gasteiger partial charge on any atom is -0.395 e. The second-order valence-corrected chi connectivity index (χ2v) is 4.14. The van der Waals surface area contributed by atoms with Crippen molar-refractivity contribution >= 4 is 0 Å². The zero-order chi connectivity index (χ0) is 10.4. The summed E-state index contributed by atoms with van der Waals surface area (Å²) in [6.45, 7) is 6.61. The molecule has 1 rings (SSSR count). The Kier molecular flexibility index (Phi) is 5.02. The smallest absolute Gasteiger partial charge is 0.0606 e. The molecule has 0 atom stereocenters. The number of nitrogens with zero attached hydrogens (tertiary/aromatic N) is 1. The summed E-state index contributed by atoms with van der Waals surface area (Å²) < 4.78 is 0. The molecule has 0 aromatic heterocycles. The molecule has 0 saturated carbocycles. The molecule has 0 aromatic rings. The summed E-state index contributed by atoms with van der Waals surface area (Å²) in [6, 6.07) is 0. The number of aliphatic hydroxyl groups excluding tert-OH is 1. The fraction of sp³-hybridized carbons (Fsp3) is 0.833. The summed E-state index contributed by atoms with van der Waals surface area (Å²) in [5.41, 5.74) is 3.05. The third kappa shape index (κ3) is 3.02. The van der Waals surface area contributed by atoms with Crippen LogP contribution in [0.3, 0.4) is 0 Å². The summed E-state index contributed by atoms with van der Waals surface area (Å²) in [7, 11) is 0. The van der Waals surface area contributed by atoms with E-state index in [0.717, 1.165) is 19.5 Å². The SMILES string of the molecule is CCCN(CCO)C1=C(C)CCCC1. The van der Waals surface area contributed by atoms with E-state index in [1.807, 2.05) is 0 Å². The Morgan fingerprint density at radius 2 is 1.93 bits per heavy atom. The van der Waals surface area contributed by atoms with Crippen molar-refractivity contribution in [2.45, 2.75) is 46.0 Å². The van der Waals surface area contributed by atoms with Gasteiger partial charge in [-0.3, -0.25) is 0 Å². The Labute approximate surface area is 87.6 Å². The Bertz CT molecular complexity index is 192. The van der Waals surface area contributed by atoms with Gasteiger partial charge in [0.1, 0.15) is 0 Å². The van der Waals surface area contributed by atoms with Crippen molar-refractivity contribution in [3.8, 4) is 0 Å². The summed E-state index contributed by atoms with van der Waals surface area (Å²) in [5, 5.41) is 9.02. The van der Waals surface area contributed by atoms with Crippen LogP contribution in [0.2, 0.25) is 0 Å².